The molecule has 0 fully saturated rings. The van der Waals surface area contributed by atoms with Crippen LogP contribution in [0.3, 0.4) is 0 Å². The van der Waals surface area contributed by atoms with E-state index in [2.05, 4.69) is 0 Å². The minimum absolute atomic E-state index is 0.652. The van der Waals surface area contributed by atoms with Gasteiger partial charge in [-0.05, 0) is 84.9 Å². The maximum atomic E-state index is 5.97. The van der Waals surface area contributed by atoms with Crippen LogP contribution in [-0.4, -0.2) is 9.97 Å². The van der Waals surface area contributed by atoms with E-state index in [0.29, 0.717) is 34.4 Å². The molecular weight excluding hydrogens is 472 g/mol. The molecule has 0 saturated carbocycles. The summed E-state index contributed by atoms with van der Waals surface area (Å²) in [6.45, 7) is 0. The summed E-state index contributed by atoms with van der Waals surface area (Å²) in [5, 5.41) is 0. The molecule has 1 heterocycles. The maximum Gasteiger partial charge on any atom is 0.129 e. The number of rotatable bonds is 6. The Morgan fingerprint density at radius 1 is 0.421 bits per heavy atom. The molecule has 0 atom stereocenters. The Bertz CT molecular complexity index is 1600. The minimum atomic E-state index is 0.652. The first-order chi connectivity index (χ1) is 18.6. The maximum absolute atomic E-state index is 5.97. The lowest BCUT2D eigenvalue weighted by Gasteiger charge is -2.12. The number of nitrogens with two attached hydrogens (primary N) is 2. The molecule has 0 aliphatic carbocycles. The highest BCUT2D eigenvalue weighted by Gasteiger charge is 2.14. The number of hydrogen-bond acceptors (Lipinski definition) is 6. The first kappa shape index (κ1) is 23.1. The van der Waals surface area contributed by atoms with Crippen molar-refractivity contribution >= 4 is 22.4 Å². The summed E-state index contributed by atoms with van der Waals surface area (Å²) < 4.78 is 11.9. The van der Waals surface area contributed by atoms with Crippen LogP contribution in [0.1, 0.15) is 0 Å². The van der Waals surface area contributed by atoms with Crippen LogP contribution in [0.25, 0.3) is 33.5 Å². The average Bonchev–Trinajstić information content (AvgIpc) is 2.93. The van der Waals surface area contributed by atoms with Gasteiger partial charge in [0.25, 0.3) is 0 Å². The normalized spacial score (nSPS) is 10.8. The van der Waals surface area contributed by atoms with Gasteiger partial charge in [-0.1, -0.05) is 24.3 Å². The molecule has 6 heteroatoms. The molecule has 0 saturated heterocycles. The van der Waals surface area contributed by atoms with E-state index in [4.69, 9.17) is 30.9 Å². The first-order valence-corrected chi connectivity index (χ1v) is 12.2. The number of anilines is 2. The fraction of sp³-hybridized carbons (Fsp3) is 0. The van der Waals surface area contributed by atoms with Crippen molar-refractivity contribution in [2.45, 2.75) is 0 Å². The van der Waals surface area contributed by atoms with Crippen molar-refractivity contribution < 1.29 is 9.47 Å². The first-order valence-electron chi connectivity index (χ1n) is 12.2. The van der Waals surface area contributed by atoms with Gasteiger partial charge in [-0.25, -0.2) is 9.97 Å². The third-order valence-electron chi connectivity index (χ3n) is 6.01. The van der Waals surface area contributed by atoms with Crippen LogP contribution in [0, 0.1) is 0 Å². The fourth-order valence-electron chi connectivity index (χ4n) is 4.19. The molecular formula is C32H24N4O2. The highest BCUT2D eigenvalue weighted by Crippen LogP contribution is 2.34. The third-order valence-corrected chi connectivity index (χ3v) is 6.01. The topological polar surface area (TPSA) is 96.3 Å². The van der Waals surface area contributed by atoms with Crippen molar-refractivity contribution in [2.75, 3.05) is 11.5 Å². The number of hydrogen-bond donors (Lipinski definition) is 2. The number of nitrogen functional groups attached to an aromatic ring is 2. The molecule has 0 amide bonds. The quantitative estimate of drug-likeness (QED) is 0.229. The fourth-order valence-corrected chi connectivity index (χ4v) is 4.19. The molecule has 0 unspecified atom stereocenters. The molecule has 6 rings (SSSR count). The van der Waals surface area contributed by atoms with Crippen molar-refractivity contribution in [1.29, 1.82) is 0 Å². The lowest BCUT2D eigenvalue weighted by molar-refractivity contribution is 0.482. The van der Waals surface area contributed by atoms with E-state index in [-0.39, 0.29) is 0 Å². The lowest BCUT2D eigenvalue weighted by atomic mass is 10.0. The molecule has 6 aromatic rings. The van der Waals surface area contributed by atoms with Gasteiger partial charge in [-0.3, -0.25) is 0 Å². The molecule has 4 N–H and O–H groups in total. The summed E-state index contributed by atoms with van der Waals surface area (Å²) in [4.78, 5) is 9.96. The minimum Gasteiger partial charge on any atom is -0.457 e. The number of para-hydroxylation sites is 2. The Hall–Kier alpha value is -5.36. The summed E-state index contributed by atoms with van der Waals surface area (Å²) >= 11 is 0. The molecule has 0 spiro atoms. The number of aromatic nitrogens is 2. The van der Waals surface area contributed by atoms with Gasteiger partial charge in [0, 0.05) is 34.6 Å². The highest BCUT2D eigenvalue weighted by atomic mass is 16.5. The molecule has 0 bridgehead atoms. The van der Waals surface area contributed by atoms with Gasteiger partial charge in [0.1, 0.15) is 23.0 Å². The number of fused-ring (bicyclic) bond motifs is 1. The Balaban J connectivity index is 1.34. The van der Waals surface area contributed by atoms with Crippen LogP contribution in [0.5, 0.6) is 23.0 Å². The number of benzene rings is 5. The molecule has 0 aliphatic heterocycles. The molecule has 1 aromatic heterocycles. The standard InChI is InChI=1S/C32H24N4O2/c33-23-5-3-7-27(19-23)37-25-15-11-21(12-16-25)31-32(36-30-10-2-1-9-29(30)35-31)22-13-17-26(18-14-22)38-28-8-4-6-24(34)20-28/h1-20H,33-34H2. The van der Waals surface area contributed by atoms with E-state index in [1.165, 1.54) is 0 Å². The number of nitrogens with zero attached hydrogens (tertiary/aromatic N) is 2. The molecule has 0 radical (unpaired) electrons. The van der Waals surface area contributed by atoms with E-state index in [1.54, 1.807) is 12.1 Å². The third kappa shape index (κ3) is 4.96. The average molecular weight is 497 g/mol. The van der Waals surface area contributed by atoms with Gasteiger partial charge < -0.3 is 20.9 Å². The second kappa shape index (κ2) is 9.95. The van der Waals surface area contributed by atoms with Crippen LogP contribution in [0.2, 0.25) is 0 Å². The van der Waals surface area contributed by atoms with Crippen molar-refractivity contribution in [3.8, 4) is 45.5 Å². The lowest BCUT2D eigenvalue weighted by Crippen LogP contribution is -1.96. The van der Waals surface area contributed by atoms with Gasteiger partial charge in [0.05, 0.1) is 22.4 Å². The summed E-state index contributed by atoms with van der Waals surface area (Å²) in [5.41, 5.74) is 18.1. The van der Waals surface area contributed by atoms with Crippen LogP contribution < -0.4 is 20.9 Å². The summed E-state index contributed by atoms with van der Waals surface area (Å²) in [6.07, 6.45) is 0. The Labute approximate surface area is 220 Å². The molecule has 5 aromatic carbocycles. The molecule has 184 valence electrons. The second-order valence-electron chi connectivity index (χ2n) is 8.81. The second-order valence-corrected chi connectivity index (χ2v) is 8.81. The smallest absolute Gasteiger partial charge is 0.129 e. The van der Waals surface area contributed by atoms with Crippen LogP contribution >= 0.6 is 0 Å². The zero-order valence-corrected chi connectivity index (χ0v) is 20.4. The van der Waals surface area contributed by atoms with Crippen molar-refractivity contribution in [2.24, 2.45) is 0 Å². The van der Waals surface area contributed by atoms with Crippen molar-refractivity contribution in [1.82, 2.24) is 9.97 Å². The predicted molar refractivity (Wildman–Crippen MR) is 152 cm³/mol. The zero-order valence-electron chi connectivity index (χ0n) is 20.4. The largest absolute Gasteiger partial charge is 0.457 e. The van der Waals surface area contributed by atoms with Gasteiger partial charge >= 0.3 is 0 Å². The SMILES string of the molecule is Nc1cccc(Oc2ccc(-c3nc4ccccc4nc3-c3ccc(Oc4cccc(N)c4)cc3)cc2)c1. The van der Waals surface area contributed by atoms with E-state index in [0.717, 1.165) is 33.5 Å². The van der Waals surface area contributed by atoms with Crippen LogP contribution in [0.4, 0.5) is 11.4 Å². The van der Waals surface area contributed by atoms with Crippen LogP contribution in [0.15, 0.2) is 121 Å². The van der Waals surface area contributed by atoms with E-state index in [9.17, 15) is 0 Å². The Morgan fingerprint density at radius 3 is 1.24 bits per heavy atom. The van der Waals surface area contributed by atoms with Crippen molar-refractivity contribution in [3.63, 3.8) is 0 Å². The highest BCUT2D eigenvalue weighted by molar-refractivity contribution is 5.86. The van der Waals surface area contributed by atoms with E-state index < -0.39 is 0 Å². The Morgan fingerprint density at radius 2 is 0.842 bits per heavy atom. The van der Waals surface area contributed by atoms with E-state index >= 15 is 0 Å². The van der Waals surface area contributed by atoms with Crippen LogP contribution in [-0.2, 0) is 0 Å². The van der Waals surface area contributed by atoms with Gasteiger partial charge in [0.2, 0.25) is 0 Å². The van der Waals surface area contributed by atoms with E-state index in [1.807, 2.05) is 109 Å². The van der Waals surface area contributed by atoms with Crippen molar-refractivity contribution in [3.05, 3.63) is 121 Å². The number of ether oxygens (including phenoxy) is 2. The van der Waals surface area contributed by atoms with Gasteiger partial charge in [0.15, 0.2) is 0 Å². The molecule has 6 nitrogen and oxygen atoms in total. The monoisotopic (exact) mass is 496 g/mol. The Kier molecular flexibility index (Phi) is 6.04. The zero-order chi connectivity index (χ0) is 25.9. The van der Waals surface area contributed by atoms with Gasteiger partial charge in [-0.2, -0.15) is 0 Å². The predicted octanol–water partition coefficient (Wildman–Crippen LogP) is 7.71. The summed E-state index contributed by atoms with van der Waals surface area (Å²) in [5.74, 6) is 2.78. The molecule has 0 aliphatic rings. The summed E-state index contributed by atoms with van der Waals surface area (Å²) in [7, 11) is 0. The van der Waals surface area contributed by atoms with Gasteiger partial charge in [-0.15, -0.1) is 0 Å². The summed E-state index contributed by atoms with van der Waals surface area (Å²) in [6, 6.07) is 38.2. The molecule has 38 heavy (non-hydrogen) atoms.